The van der Waals surface area contributed by atoms with Gasteiger partial charge >= 0.3 is 6.18 Å². The molecule has 2 aromatic carbocycles. The third kappa shape index (κ3) is 4.09. The minimum Gasteiger partial charge on any atom is -0.391 e. The molecule has 5 rings (SSSR count). The van der Waals surface area contributed by atoms with Gasteiger partial charge in [0.1, 0.15) is 0 Å². The van der Waals surface area contributed by atoms with Crippen LogP contribution in [-0.2, 0) is 19.1 Å². The molecule has 34 heavy (non-hydrogen) atoms. The summed E-state index contributed by atoms with van der Waals surface area (Å²) in [5, 5.41) is 14.1. The van der Waals surface area contributed by atoms with Gasteiger partial charge in [0.2, 0.25) is 0 Å². The van der Waals surface area contributed by atoms with Crippen molar-refractivity contribution in [1.29, 1.82) is 0 Å². The number of aliphatic hydroxyl groups is 1. The summed E-state index contributed by atoms with van der Waals surface area (Å²) in [5.41, 5.74) is 0.884. The average molecular weight is 490 g/mol. The molecule has 1 amide bonds. The van der Waals surface area contributed by atoms with Crippen LogP contribution >= 0.6 is 11.6 Å². The number of hydrogen-bond acceptors (Lipinski definition) is 3. The molecule has 178 valence electrons. The number of fused-ring (bicyclic) bond motifs is 1. The van der Waals surface area contributed by atoms with Crippen molar-refractivity contribution in [3.8, 4) is 5.69 Å². The first kappa shape index (κ1) is 22.9. The highest BCUT2D eigenvalue weighted by Gasteiger charge is 2.43. The molecule has 0 radical (unpaired) electrons. The fourth-order valence-corrected chi connectivity index (χ4v) is 5.45. The van der Waals surface area contributed by atoms with Gasteiger partial charge in [0.25, 0.3) is 5.91 Å². The fraction of sp³-hybridized carbons (Fsp3) is 0.360. The molecule has 2 atom stereocenters. The van der Waals surface area contributed by atoms with Crippen molar-refractivity contribution in [1.82, 2.24) is 14.7 Å². The van der Waals surface area contributed by atoms with Crippen LogP contribution in [0.15, 0.2) is 48.8 Å². The van der Waals surface area contributed by atoms with Gasteiger partial charge in [-0.15, -0.1) is 0 Å². The number of carbonyl (C=O) groups excluding carboxylic acids is 1. The van der Waals surface area contributed by atoms with E-state index in [1.54, 1.807) is 47.4 Å². The van der Waals surface area contributed by atoms with E-state index >= 15 is 0 Å². The standard InChI is InChI=1S/C25H23ClF3N3O2/c26-23-19-14-31(20-4-1-2-5-21(20)33)24(34)18(19)13-16(22(23)25(27,28)29)12-15-6-8-17(9-7-15)32-11-3-10-30-32/h3,6-11,13,20-21,33H,1-2,4-5,12,14H2/t20-,21-/m0/s1. The van der Waals surface area contributed by atoms with Crippen molar-refractivity contribution in [3.05, 3.63) is 81.6 Å². The highest BCUT2D eigenvalue weighted by Crippen LogP contribution is 2.44. The number of amides is 1. The van der Waals surface area contributed by atoms with Crippen LogP contribution in [0.4, 0.5) is 13.2 Å². The Morgan fingerprint density at radius 2 is 1.88 bits per heavy atom. The number of nitrogens with zero attached hydrogens (tertiary/aromatic N) is 3. The molecule has 2 aliphatic rings. The average Bonchev–Trinajstić information content (AvgIpc) is 3.43. The maximum absolute atomic E-state index is 14.1. The summed E-state index contributed by atoms with van der Waals surface area (Å²) in [7, 11) is 0. The Morgan fingerprint density at radius 3 is 2.53 bits per heavy atom. The topological polar surface area (TPSA) is 58.4 Å². The highest BCUT2D eigenvalue weighted by molar-refractivity contribution is 6.33. The lowest BCUT2D eigenvalue weighted by Crippen LogP contribution is -2.45. The third-order valence-electron chi connectivity index (χ3n) is 6.75. The summed E-state index contributed by atoms with van der Waals surface area (Å²) < 4.78 is 44.0. The number of hydrogen-bond donors (Lipinski definition) is 1. The third-order valence-corrected chi connectivity index (χ3v) is 7.16. The Morgan fingerprint density at radius 1 is 1.15 bits per heavy atom. The van der Waals surface area contributed by atoms with Crippen molar-refractivity contribution in [2.24, 2.45) is 0 Å². The molecular weight excluding hydrogens is 467 g/mol. The van der Waals surface area contributed by atoms with Crippen molar-refractivity contribution >= 4 is 17.5 Å². The monoisotopic (exact) mass is 489 g/mol. The summed E-state index contributed by atoms with van der Waals surface area (Å²) in [4.78, 5) is 14.7. The molecule has 1 aliphatic carbocycles. The number of aliphatic hydroxyl groups excluding tert-OH is 1. The zero-order valence-electron chi connectivity index (χ0n) is 18.2. The van der Waals surface area contributed by atoms with E-state index < -0.39 is 28.9 Å². The Hall–Kier alpha value is -2.84. The van der Waals surface area contributed by atoms with Crippen LogP contribution in [0.25, 0.3) is 5.69 Å². The number of halogens is 4. The number of aromatic nitrogens is 2. The van der Waals surface area contributed by atoms with Gasteiger partial charge in [-0.3, -0.25) is 4.79 Å². The van der Waals surface area contributed by atoms with Gasteiger partial charge in [-0.25, -0.2) is 4.68 Å². The molecule has 1 saturated carbocycles. The molecule has 1 aromatic heterocycles. The summed E-state index contributed by atoms with van der Waals surface area (Å²) >= 11 is 6.34. The predicted octanol–water partition coefficient (Wildman–Crippen LogP) is 5.39. The minimum atomic E-state index is -4.67. The molecule has 0 saturated heterocycles. The molecule has 9 heteroatoms. The predicted molar refractivity (Wildman–Crippen MR) is 121 cm³/mol. The Kier molecular flexibility index (Phi) is 5.90. The maximum atomic E-state index is 14.1. The normalized spacial score (nSPS) is 20.6. The van der Waals surface area contributed by atoms with Gasteiger partial charge in [0, 0.05) is 30.1 Å². The van der Waals surface area contributed by atoms with E-state index in [4.69, 9.17) is 11.6 Å². The second-order valence-electron chi connectivity index (χ2n) is 8.89. The lowest BCUT2D eigenvalue weighted by Gasteiger charge is -2.35. The zero-order chi connectivity index (χ0) is 24.0. The van der Waals surface area contributed by atoms with Crippen LogP contribution in [-0.4, -0.2) is 37.8 Å². The number of carbonyl (C=O) groups is 1. The first-order chi connectivity index (χ1) is 16.2. The summed E-state index contributed by atoms with van der Waals surface area (Å²) in [6, 6.07) is 9.75. The summed E-state index contributed by atoms with van der Waals surface area (Å²) in [6.07, 6.45) is 0.975. The van der Waals surface area contributed by atoms with Gasteiger partial charge in [0.05, 0.1) is 28.4 Å². The van der Waals surface area contributed by atoms with E-state index in [1.165, 1.54) is 11.0 Å². The van der Waals surface area contributed by atoms with Crippen molar-refractivity contribution in [2.75, 3.05) is 0 Å². The molecule has 1 N–H and O–H groups in total. The van der Waals surface area contributed by atoms with Crippen molar-refractivity contribution < 1.29 is 23.1 Å². The maximum Gasteiger partial charge on any atom is 0.418 e. The highest BCUT2D eigenvalue weighted by atomic mass is 35.5. The van der Waals surface area contributed by atoms with Gasteiger partial charge in [-0.1, -0.05) is 36.6 Å². The molecule has 0 unspecified atom stereocenters. The molecule has 3 aromatic rings. The molecule has 1 fully saturated rings. The van der Waals surface area contributed by atoms with Gasteiger partial charge in [-0.05, 0) is 54.7 Å². The zero-order valence-corrected chi connectivity index (χ0v) is 19.0. The summed E-state index contributed by atoms with van der Waals surface area (Å²) in [5.74, 6) is -0.369. The van der Waals surface area contributed by atoms with Gasteiger partial charge in [-0.2, -0.15) is 18.3 Å². The Bertz CT molecular complexity index is 1210. The van der Waals surface area contributed by atoms with E-state index in [9.17, 15) is 23.1 Å². The van der Waals surface area contributed by atoms with Crippen LogP contribution in [0.2, 0.25) is 5.02 Å². The van der Waals surface area contributed by atoms with Crippen LogP contribution in [0.1, 0.15) is 58.3 Å². The first-order valence-electron chi connectivity index (χ1n) is 11.2. The number of rotatable bonds is 4. The molecule has 5 nitrogen and oxygen atoms in total. The van der Waals surface area contributed by atoms with Crippen LogP contribution in [0.3, 0.4) is 0 Å². The van der Waals surface area contributed by atoms with Crippen LogP contribution < -0.4 is 0 Å². The Labute approximate surface area is 199 Å². The van der Waals surface area contributed by atoms with Crippen molar-refractivity contribution in [3.63, 3.8) is 0 Å². The smallest absolute Gasteiger partial charge is 0.391 e. The molecule has 1 aliphatic heterocycles. The molecular formula is C25H23ClF3N3O2. The molecule has 0 spiro atoms. The fourth-order valence-electron chi connectivity index (χ4n) is 5.06. The van der Waals surface area contributed by atoms with Gasteiger partial charge < -0.3 is 10.0 Å². The van der Waals surface area contributed by atoms with E-state index in [0.717, 1.165) is 18.5 Å². The molecule has 0 bridgehead atoms. The SMILES string of the molecule is O=C1c2cc(Cc3ccc(-n4cccn4)cc3)c(C(F)(F)F)c(Cl)c2CN1[C@H]1CCCC[C@@H]1O. The van der Waals surface area contributed by atoms with E-state index in [1.807, 2.05) is 0 Å². The van der Waals surface area contributed by atoms with Crippen LogP contribution in [0, 0.1) is 0 Å². The largest absolute Gasteiger partial charge is 0.418 e. The second-order valence-corrected chi connectivity index (χ2v) is 9.27. The van der Waals surface area contributed by atoms with Gasteiger partial charge in [0.15, 0.2) is 0 Å². The minimum absolute atomic E-state index is 0.0172. The Balaban J connectivity index is 1.50. The number of benzene rings is 2. The second kappa shape index (κ2) is 8.74. The van der Waals surface area contributed by atoms with E-state index in [2.05, 4.69) is 5.10 Å². The number of alkyl halides is 3. The summed E-state index contributed by atoms with van der Waals surface area (Å²) in [6.45, 7) is -0.0172. The van der Waals surface area contributed by atoms with E-state index in [0.29, 0.717) is 18.4 Å². The van der Waals surface area contributed by atoms with Crippen LogP contribution in [0.5, 0.6) is 0 Å². The lowest BCUT2D eigenvalue weighted by atomic mass is 9.91. The van der Waals surface area contributed by atoms with E-state index in [-0.39, 0.29) is 35.6 Å². The molecule has 2 heterocycles. The van der Waals surface area contributed by atoms with Crippen molar-refractivity contribution in [2.45, 2.75) is 57.0 Å². The lowest BCUT2D eigenvalue weighted by molar-refractivity contribution is -0.138. The first-order valence-corrected chi connectivity index (χ1v) is 11.6. The quantitative estimate of drug-likeness (QED) is 0.534.